The molecular formula is C16H21NO2. The molecule has 2 aliphatic heterocycles. The van der Waals surface area contributed by atoms with E-state index in [4.69, 9.17) is 9.47 Å². The maximum atomic E-state index is 6.26. The summed E-state index contributed by atoms with van der Waals surface area (Å²) in [7, 11) is 0. The summed E-state index contributed by atoms with van der Waals surface area (Å²) in [6.07, 6.45) is 4.98. The monoisotopic (exact) mass is 259 g/mol. The Morgan fingerprint density at radius 2 is 2.37 bits per heavy atom. The van der Waals surface area contributed by atoms with Gasteiger partial charge < -0.3 is 9.47 Å². The lowest BCUT2D eigenvalue weighted by atomic mass is 9.78. The quantitative estimate of drug-likeness (QED) is 0.778. The molecule has 3 atom stereocenters. The zero-order valence-corrected chi connectivity index (χ0v) is 11.7. The van der Waals surface area contributed by atoms with E-state index < -0.39 is 0 Å². The Morgan fingerprint density at radius 3 is 3.00 bits per heavy atom. The normalized spacial score (nSPS) is 36.6. The van der Waals surface area contributed by atoms with Gasteiger partial charge in [0, 0.05) is 12.6 Å². The van der Waals surface area contributed by atoms with Crippen LogP contribution in [0.25, 0.3) is 0 Å². The second kappa shape index (κ2) is 4.43. The summed E-state index contributed by atoms with van der Waals surface area (Å²) in [6.45, 7) is 8.87. The zero-order chi connectivity index (χ0) is 13.5. The van der Waals surface area contributed by atoms with Gasteiger partial charge in [0.25, 0.3) is 0 Å². The third-order valence-corrected chi connectivity index (χ3v) is 4.59. The third-order valence-electron chi connectivity index (χ3n) is 4.59. The highest BCUT2D eigenvalue weighted by molar-refractivity contribution is 5.22. The van der Waals surface area contributed by atoms with E-state index in [1.807, 2.05) is 18.2 Å². The molecule has 0 spiro atoms. The van der Waals surface area contributed by atoms with Crippen molar-refractivity contribution in [1.82, 2.24) is 4.98 Å². The van der Waals surface area contributed by atoms with Crippen LogP contribution in [-0.2, 0) is 16.1 Å². The van der Waals surface area contributed by atoms with E-state index in [9.17, 15) is 0 Å². The second-order valence-electron chi connectivity index (χ2n) is 6.01. The van der Waals surface area contributed by atoms with Gasteiger partial charge in [-0.3, -0.25) is 4.98 Å². The van der Waals surface area contributed by atoms with Gasteiger partial charge in [0.15, 0.2) is 0 Å². The Balaban J connectivity index is 1.69. The van der Waals surface area contributed by atoms with Crippen LogP contribution in [0.1, 0.15) is 38.8 Å². The van der Waals surface area contributed by atoms with Gasteiger partial charge in [-0.2, -0.15) is 0 Å². The first-order chi connectivity index (χ1) is 9.04. The van der Waals surface area contributed by atoms with E-state index in [1.165, 1.54) is 0 Å². The Labute approximate surface area is 114 Å². The highest BCUT2D eigenvalue weighted by Gasteiger charge is 2.59. The maximum absolute atomic E-state index is 6.26. The molecule has 2 fully saturated rings. The molecule has 2 saturated heterocycles. The molecule has 1 aromatic heterocycles. The predicted molar refractivity (Wildman–Crippen MR) is 73.7 cm³/mol. The van der Waals surface area contributed by atoms with E-state index in [-0.39, 0.29) is 17.3 Å². The van der Waals surface area contributed by atoms with Crippen LogP contribution in [0.15, 0.2) is 36.5 Å². The third kappa shape index (κ3) is 2.11. The molecule has 0 aromatic carbocycles. The number of nitrogens with zero attached hydrogens (tertiary/aromatic N) is 1. The minimum absolute atomic E-state index is 0.139. The van der Waals surface area contributed by atoms with Crippen molar-refractivity contribution in [2.75, 3.05) is 0 Å². The van der Waals surface area contributed by atoms with E-state index >= 15 is 0 Å². The molecule has 19 heavy (non-hydrogen) atoms. The minimum Gasteiger partial charge on any atom is -0.369 e. The number of hydrogen-bond donors (Lipinski definition) is 0. The highest BCUT2D eigenvalue weighted by Crippen LogP contribution is 2.54. The average Bonchev–Trinajstić information content (AvgIpc) is 2.90. The van der Waals surface area contributed by atoms with Gasteiger partial charge in [-0.1, -0.05) is 12.6 Å². The van der Waals surface area contributed by atoms with Crippen LogP contribution in [0, 0.1) is 0 Å². The molecule has 3 heteroatoms. The Kier molecular flexibility index (Phi) is 2.99. The standard InChI is InChI=1S/C16H21NO2/c1-12(2)16-8-7-15(3,19-16)14(10-16)18-11-13-6-4-5-9-17-13/h4-6,9,14H,1,7-8,10-11H2,2-3H3/t14-,15+,16-/m0/s1. The molecule has 2 aliphatic rings. The van der Waals surface area contributed by atoms with Gasteiger partial charge in [-0.25, -0.2) is 0 Å². The van der Waals surface area contributed by atoms with Crippen LogP contribution in [0.2, 0.25) is 0 Å². The molecular weight excluding hydrogens is 238 g/mol. The molecule has 3 nitrogen and oxygen atoms in total. The Hall–Kier alpha value is -1.19. The fourth-order valence-electron chi connectivity index (χ4n) is 3.26. The fourth-order valence-corrected chi connectivity index (χ4v) is 3.26. The lowest BCUT2D eigenvalue weighted by molar-refractivity contribution is -0.0801. The van der Waals surface area contributed by atoms with E-state index in [2.05, 4.69) is 25.4 Å². The van der Waals surface area contributed by atoms with Gasteiger partial charge in [0.05, 0.1) is 29.6 Å². The summed E-state index contributed by atoms with van der Waals surface area (Å²) in [4.78, 5) is 4.29. The predicted octanol–water partition coefficient (Wildman–Crippen LogP) is 3.25. The first kappa shape index (κ1) is 12.8. The molecule has 0 unspecified atom stereocenters. The smallest absolute Gasteiger partial charge is 0.0929 e. The molecule has 102 valence electrons. The van der Waals surface area contributed by atoms with E-state index in [0.29, 0.717) is 6.61 Å². The number of hydrogen-bond acceptors (Lipinski definition) is 3. The fraction of sp³-hybridized carbons (Fsp3) is 0.562. The van der Waals surface area contributed by atoms with Gasteiger partial charge in [-0.05, 0) is 44.4 Å². The van der Waals surface area contributed by atoms with Crippen molar-refractivity contribution in [3.63, 3.8) is 0 Å². The van der Waals surface area contributed by atoms with Crippen molar-refractivity contribution in [1.29, 1.82) is 0 Å². The molecule has 0 radical (unpaired) electrons. The van der Waals surface area contributed by atoms with Gasteiger partial charge in [0.1, 0.15) is 0 Å². The SMILES string of the molecule is C=C(C)[C@@]12CC[C@@](C)(O1)[C@@H](OCc1ccccn1)C2. The molecule has 2 bridgehead atoms. The number of fused-ring (bicyclic) bond motifs is 2. The zero-order valence-electron chi connectivity index (χ0n) is 11.7. The maximum Gasteiger partial charge on any atom is 0.0929 e. The minimum atomic E-state index is -0.159. The number of aromatic nitrogens is 1. The molecule has 3 heterocycles. The van der Waals surface area contributed by atoms with Crippen molar-refractivity contribution in [2.24, 2.45) is 0 Å². The van der Waals surface area contributed by atoms with E-state index in [0.717, 1.165) is 30.5 Å². The highest BCUT2D eigenvalue weighted by atomic mass is 16.6. The molecule has 3 rings (SSSR count). The van der Waals surface area contributed by atoms with Crippen LogP contribution in [0.3, 0.4) is 0 Å². The van der Waals surface area contributed by atoms with Crippen molar-refractivity contribution < 1.29 is 9.47 Å². The van der Waals surface area contributed by atoms with Crippen molar-refractivity contribution in [3.8, 4) is 0 Å². The van der Waals surface area contributed by atoms with Crippen LogP contribution in [0.4, 0.5) is 0 Å². The summed E-state index contributed by atoms with van der Waals surface area (Å²) < 4.78 is 12.3. The van der Waals surface area contributed by atoms with Gasteiger partial charge in [0.2, 0.25) is 0 Å². The van der Waals surface area contributed by atoms with Crippen molar-refractivity contribution in [2.45, 2.75) is 57.0 Å². The average molecular weight is 259 g/mol. The first-order valence-electron chi connectivity index (χ1n) is 6.92. The van der Waals surface area contributed by atoms with E-state index in [1.54, 1.807) is 6.20 Å². The topological polar surface area (TPSA) is 31.4 Å². The summed E-state index contributed by atoms with van der Waals surface area (Å²) in [5.74, 6) is 0. The molecule has 0 amide bonds. The molecule has 0 aliphatic carbocycles. The van der Waals surface area contributed by atoms with Crippen molar-refractivity contribution in [3.05, 3.63) is 42.2 Å². The number of pyridine rings is 1. The van der Waals surface area contributed by atoms with Crippen LogP contribution >= 0.6 is 0 Å². The van der Waals surface area contributed by atoms with Gasteiger partial charge in [-0.15, -0.1) is 0 Å². The first-order valence-corrected chi connectivity index (χ1v) is 6.92. The lowest BCUT2D eigenvalue weighted by Gasteiger charge is -2.29. The summed E-state index contributed by atoms with van der Waals surface area (Å²) in [6, 6.07) is 5.90. The van der Waals surface area contributed by atoms with Crippen LogP contribution in [0.5, 0.6) is 0 Å². The van der Waals surface area contributed by atoms with Crippen LogP contribution < -0.4 is 0 Å². The molecule has 1 aromatic rings. The molecule has 0 saturated carbocycles. The Bertz CT molecular complexity index is 487. The lowest BCUT2D eigenvalue weighted by Crippen LogP contribution is -2.37. The summed E-state index contributed by atoms with van der Waals surface area (Å²) in [5.41, 5.74) is 1.79. The Morgan fingerprint density at radius 1 is 1.53 bits per heavy atom. The largest absolute Gasteiger partial charge is 0.369 e. The summed E-state index contributed by atoms with van der Waals surface area (Å²) in [5, 5.41) is 0. The van der Waals surface area contributed by atoms with Gasteiger partial charge >= 0.3 is 0 Å². The number of ether oxygens (including phenoxy) is 2. The summed E-state index contributed by atoms with van der Waals surface area (Å²) >= 11 is 0. The molecule has 0 N–H and O–H groups in total. The van der Waals surface area contributed by atoms with Crippen molar-refractivity contribution >= 4 is 0 Å². The second-order valence-corrected chi connectivity index (χ2v) is 6.01. The number of rotatable bonds is 4. The van der Waals surface area contributed by atoms with Crippen LogP contribution in [-0.4, -0.2) is 22.3 Å².